The van der Waals surface area contributed by atoms with Gasteiger partial charge in [-0.1, -0.05) is 70.6 Å². The number of fused-ring (bicyclic) bond motifs is 10. The predicted molar refractivity (Wildman–Crippen MR) is 221 cm³/mol. The highest BCUT2D eigenvalue weighted by Gasteiger charge is 2.60. The maximum absolute atomic E-state index is 6.94. The van der Waals surface area contributed by atoms with Crippen molar-refractivity contribution in [1.82, 2.24) is 4.90 Å². The molecule has 3 saturated heterocycles. The Bertz CT molecular complexity index is 1200. The standard InChI is InChI=1S/C48H77NOS2/c1-2-10-30(11-3-1)31-20-24-33(25-21-31)49(34-26-22-32(23-27-34)35-14-8-15-37-36-12-5-7-19-44(36)51-46(35)37)41-17-9-16-38-39-28-29-43-45(48(39)52-47(38)41)40-13-4-6-18-42(40)50-43/h30-48H,1-29H2. The van der Waals surface area contributed by atoms with Crippen LogP contribution in [0.15, 0.2) is 0 Å². The lowest BCUT2D eigenvalue weighted by Crippen LogP contribution is -2.57. The molecule has 8 aliphatic carbocycles. The van der Waals surface area contributed by atoms with E-state index in [1.165, 1.54) is 83.5 Å². The summed E-state index contributed by atoms with van der Waals surface area (Å²) in [5, 5.41) is 3.94. The molecule has 0 bridgehead atoms. The lowest BCUT2D eigenvalue weighted by Gasteiger charge is -2.53. The Labute approximate surface area is 328 Å². The van der Waals surface area contributed by atoms with Crippen molar-refractivity contribution < 1.29 is 4.74 Å². The normalized spacial score (nSPS) is 53.7. The smallest absolute Gasteiger partial charge is 0.0621 e. The highest BCUT2D eigenvalue weighted by molar-refractivity contribution is 8.01. The van der Waals surface area contributed by atoms with Gasteiger partial charge in [0, 0.05) is 45.0 Å². The first kappa shape index (κ1) is 35.8. The minimum absolute atomic E-state index is 0.614. The fraction of sp³-hybridized carbons (Fsp3) is 1.00. The molecule has 8 saturated carbocycles. The topological polar surface area (TPSA) is 12.5 Å². The third-order valence-electron chi connectivity index (χ3n) is 19.5. The van der Waals surface area contributed by atoms with E-state index in [1.54, 1.807) is 103 Å². The lowest BCUT2D eigenvalue weighted by atomic mass is 9.64. The van der Waals surface area contributed by atoms with Crippen LogP contribution in [-0.2, 0) is 4.74 Å². The van der Waals surface area contributed by atoms with E-state index in [0.29, 0.717) is 12.2 Å². The molecule has 3 heterocycles. The number of thioether (sulfide) groups is 2. The van der Waals surface area contributed by atoms with Gasteiger partial charge in [0.15, 0.2) is 0 Å². The predicted octanol–water partition coefficient (Wildman–Crippen LogP) is 12.7. The van der Waals surface area contributed by atoms with Crippen LogP contribution < -0.4 is 0 Å². The second-order valence-corrected chi connectivity index (χ2v) is 24.3. The summed E-state index contributed by atoms with van der Waals surface area (Å²) in [5.74, 6) is 10.3. The van der Waals surface area contributed by atoms with Gasteiger partial charge in [-0.25, -0.2) is 0 Å². The first-order valence-electron chi connectivity index (χ1n) is 24.5. The van der Waals surface area contributed by atoms with E-state index in [9.17, 15) is 0 Å². The highest BCUT2D eigenvalue weighted by Crippen LogP contribution is 2.63. The van der Waals surface area contributed by atoms with Crippen molar-refractivity contribution in [2.75, 3.05) is 0 Å². The van der Waals surface area contributed by atoms with Gasteiger partial charge in [0.1, 0.15) is 0 Å². The van der Waals surface area contributed by atoms with Gasteiger partial charge in [-0.05, 0) is 169 Å². The monoisotopic (exact) mass is 748 g/mol. The minimum atomic E-state index is 0.614. The molecule has 14 atom stereocenters. The van der Waals surface area contributed by atoms with E-state index in [2.05, 4.69) is 28.4 Å². The molecule has 11 rings (SSSR count). The average molecular weight is 748 g/mol. The molecule has 0 amide bonds. The number of ether oxygens (including phenoxy) is 1. The highest BCUT2D eigenvalue weighted by atomic mass is 32.2. The summed E-state index contributed by atoms with van der Waals surface area (Å²) in [5.41, 5.74) is 0. The van der Waals surface area contributed by atoms with E-state index < -0.39 is 0 Å². The molecule has 14 unspecified atom stereocenters. The van der Waals surface area contributed by atoms with Crippen LogP contribution in [0.3, 0.4) is 0 Å². The van der Waals surface area contributed by atoms with Crippen LogP contribution in [0.25, 0.3) is 0 Å². The molecule has 11 fully saturated rings. The Kier molecular flexibility index (Phi) is 10.6. The zero-order valence-corrected chi connectivity index (χ0v) is 34.8. The molecule has 2 nitrogen and oxygen atoms in total. The summed E-state index contributed by atoms with van der Waals surface area (Å²) in [4.78, 5) is 3.43. The fourth-order valence-corrected chi connectivity index (χ4v) is 22.2. The van der Waals surface area contributed by atoms with Crippen molar-refractivity contribution in [1.29, 1.82) is 0 Å². The maximum atomic E-state index is 6.94. The van der Waals surface area contributed by atoms with Gasteiger partial charge < -0.3 is 4.74 Å². The number of rotatable bonds is 5. The van der Waals surface area contributed by atoms with E-state index in [0.717, 1.165) is 98.3 Å². The molecule has 11 aliphatic rings. The lowest BCUT2D eigenvalue weighted by molar-refractivity contribution is -0.0171. The average Bonchev–Trinajstić information content (AvgIpc) is 3.90. The van der Waals surface area contributed by atoms with Crippen molar-refractivity contribution in [3.05, 3.63) is 0 Å². The summed E-state index contributed by atoms with van der Waals surface area (Å²) >= 11 is 5.17. The molecule has 0 spiro atoms. The second kappa shape index (κ2) is 15.4. The van der Waals surface area contributed by atoms with Crippen LogP contribution in [-0.4, -0.2) is 56.2 Å². The first-order valence-corrected chi connectivity index (χ1v) is 26.4. The van der Waals surface area contributed by atoms with Crippen molar-refractivity contribution >= 4 is 23.5 Å². The largest absolute Gasteiger partial charge is 0.374 e. The third-order valence-corrected chi connectivity index (χ3v) is 23.4. The van der Waals surface area contributed by atoms with Crippen LogP contribution in [0.1, 0.15) is 186 Å². The van der Waals surface area contributed by atoms with Crippen molar-refractivity contribution in [2.24, 2.45) is 59.2 Å². The van der Waals surface area contributed by atoms with E-state index in [4.69, 9.17) is 4.74 Å². The number of nitrogens with zero attached hydrogens (tertiary/aromatic N) is 1. The van der Waals surface area contributed by atoms with Crippen LogP contribution in [0.5, 0.6) is 0 Å². The maximum Gasteiger partial charge on any atom is 0.0621 e. The Hall–Kier alpha value is 0.620. The molecule has 4 heteroatoms. The van der Waals surface area contributed by atoms with Crippen LogP contribution in [0.2, 0.25) is 0 Å². The van der Waals surface area contributed by atoms with Crippen LogP contribution in [0, 0.1) is 59.2 Å². The van der Waals surface area contributed by atoms with Crippen molar-refractivity contribution in [3.63, 3.8) is 0 Å². The Morgan fingerprint density at radius 2 is 0.942 bits per heavy atom. The summed E-state index contributed by atoms with van der Waals surface area (Å²) in [7, 11) is 0. The second-order valence-electron chi connectivity index (χ2n) is 21.5. The SMILES string of the molecule is C1CCC(C2CCC(N(C3CCC(C4CCCC5C6CCCCC6SC45)CC3)C3CCCC4C5CCC6OC7CCCCC7C6C5SC43)CC2)CC1. The van der Waals surface area contributed by atoms with Gasteiger partial charge >= 0.3 is 0 Å². The summed E-state index contributed by atoms with van der Waals surface area (Å²) in [6, 6.07) is 2.66. The number of hydrogen-bond donors (Lipinski definition) is 0. The molecule has 292 valence electrons. The Balaban J connectivity index is 0.823. The quantitative estimate of drug-likeness (QED) is 0.277. The Morgan fingerprint density at radius 3 is 1.75 bits per heavy atom. The molecule has 3 aliphatic heterocycles. The van der Waals surface area contributed by atoms with Gasteiger partial charge in [0.2, 0.25) is 0 Å². The fourth-order valence-electron chi connectivity index (χ4n) is 17.4. The summed E-state index contributed by atoms with van der Waals surface area (Å²) in [6.07, 6.45) is 45.6. The number of hydrogen-bond acceptors (Lipinski definition) is 4. The van der Waals surface area contributed by atoms with Gasteiger partial charge in [-0.15, -0.1) is 0 Å². The van der Waals surface area contributed by atoms with Crippen molar-refractivity contribution in [3.8, 4) is 0 Å². The minimum Gasteiger partial charge on any atom is -0.374 e. The molecule has 52 heavy (non-hydrogen) atoms. The molecule has 0 aromatic carbocycles. The molecular weight excluding hydrogens is 671 g/mol. The summed E-state index contributed by atoms with van der Waals surface area (Å²) in [6.45, 7) is 0. The molecule has 0 aromatic rings. The Morgan fingerprint density at radius 1 is 0.346 bits per heavy atom. The van der Waals surface area contributed by atoms with Gasteiger partial charge in [0.25, 0.3) is 0 Å². The van der Waals surface area contributed by atoms with Crippen LogP contribution >= 0.6 is 23.5 Å². The van der Waals surface area contributed by atoms with E-state index >= 15 is 0 Å². The third kappa shape index (κ3) is 6.39. The van der Waals surface area contributed by atoms with Gasteiger partial charge in [-0.2, -0.15) is 23.5 Å². The van der Waals surface area contributed by atoms with E-state index in [-0.39, 0.29) is 0 Å². The zero-order valence-electron chi connectivity index (χ0n) is 33.1. The zero-order chi connectivity index (χ0) is 34.2. The molecule has 0 N–H and O–H groups in total. The van der Waals surface area contributed by atoms with E-state index in [1.807, 2.05) is 0 Å². The molecular formula is C48H77NOS2. The van der Waals surface area contributed by atoms with Crippen molar-refractivity contribution in [2.45, 2.75) is 238 Å². The molecule has 0 radical (unpaired) electrons. The van der Waals surface area contributed by atoms with Gasteiger partial charge in [0.05, 0.1) is 12.2 Å². The molecule has 0 aromatic heterocycles. The van der Waals surface area contributed by atoms with Gasteiger partial charge in [-0.3, -0.25) is 4.90 Å². The van der Waals surface area contributed by atoms with Crippen LogP contribution in [0.4, 0.5) is 0 Å². The summed E-state index contributed by atoms with van der Waals surface area (Å²) < 4.78 is 6.94. The first-order chi connectivity index (χ1) is 25.8.